The fraction of sp³-hybridized carbons (Fsp3) is 0.714. The number of pyridine rings is 1. The molecule has 0 bridgehead atoms. The Balaban J connectivity index is 1.35. The number of likely N-dealkylation sites (tertiary alicyclic amines) is 2. The van der Waals surface area contributed by atoms with E-state index in [0.717, 1.165) is 63.7 Å². The van der Waals surface area contributed by atoms with Gasteiger partial charge in [-0.3, -0.25) is 9.78 Å². The first-order valence-electron chi connectivity index (χ1n) is 10.0. The number of piperidine rings is 1. The first-order chi connectivity index (χ1) is 12.6. The van der Waals surface area contributed by atoms with Crippen LogP contribution in [-0.4, -0.2) is 67.1 Å². The molecular formula is C21H31N3O2. The number of carbonyl (C=O) groups is 1. The molecule has 0 aromatic carbocycles. The molecular weight excluding hydrogens is 326 g/mol. The lowest BCUT2D eigenvalue weighted by atomic mass is 9.71. The lowest BCUT2D eigenvalue weighted by molar-refractivity contribution is 0.0178. The highest BCUT2D eigenvalue weighted by molar-refractivity contribution is 5.92. The van der Waals surface area contributed by atoms with Gasteiger partial charge in [0.15, 0.2) is 0 Å². The summed E-state index contributed by atoms with van der Waals surface area (Å²) in [4.78, 5) is 21.5. The summed E-state index contributed by atoms with van der Waals surface area (Å²) in [6, 6.07) is 3.81. The molecule has 3 heterocycles. The van der Waals surface area contributed by atoms with E-state index in [-0.39, 0.29) is 5.91 Å². The highest BCUT2D eigenvalue weighted by Gasteiger charge is 2.47. The summed E-state index contributed by atoms with van der Waals surface area (Å²) in [5, 5.41) is 0. The van der Waals surface area contributed by atoms with Crippen molar-refractivity contribution in [1.29, 1.82) is 0 Å². The molecule has 1 atom stereocenters. The zero-order valence-corrected chi connectivity index (χ0v) is 16.1. The Morgan fingerprint density at radius 2 is 2.04 bits per heavy atom. The van der Waals surface area contributed by atoms with Gasteiger partial charge < -0.3 is 14.5 Å². The normalized spacial score (nSPS) is 25.8. The van der Waals surface area contributed by atoms with Crippen LogP contribution in [0, 0.1) is 24.2 Å². The van der Waals surface area contributed by atoms with Crippen LogP contribution in [0.2, 0.25) is 0 Å². The van der Waals surface area contributed by atoms with E-state index in [1.807, 2.05) is 24.0 Å². The highest BCUT2D eigenvalue weighted by Crippen LogP contribution is 2.44. The SMILES string of the molecule is Cc1ccc(C(=O)N2CCC3(CC2)CN(C)C[C@@H]3COCC2CC2)nc1. The summed E-state index contributed by atoms with van der Waals surface area (Å²) >= 11 is 0. The Hall–Kier alpha value is -1.46. The zero-order valence-electron chi connectivity index (χ0n) is 16.1. The number of carbonyl (C=O) groups excluding carboxylic acids is 1. The average Bonchev–Trinajstić information content (AvgIpc) is 3.41. The van der Waals surface area contributed by atoms with Gasteiger partial charge in [0.1, 0.15) is 5.69 Å². The fourth-order valence-corrected chi connectivity index (χ4v) is 4.67. The molecule has 4 rings (SSSR count). The van der Waals surface area contributed by atoms with Gasteiger partial charge >= 0.3 is 0 Å². The van der Waals surface area contributed by atoms with Crippen LogP contribution in [0.25, 0.3) is 0 Å². The number of nitrogens with zero attached hydrogens (tertiary/aromatic N) is 3. The molecule has 142 valence electrons. The maximum absolute atomic E-state index is 12.7. The second-order valence-electron chi connectivity index (χ2n) is 8.75. The highest BCUT2D eigenvalue weighted by atomic mass is 16.5. The third-order valence-corrected chi connectivity index (χ3v) is 6.53. The predicted molar refractivity (Wildman–Crippen MR) is 101 cm³/mol. The van der Waals surface area contributed by atoms with Crippen LogP contribution in [-0.2, 0) is 4.74 Å². The number of rotatable bonds is 5. The van der Waals surface area contributed by atoms with E-state index in [1.54, 1.807) is 6.20 Å². The van der Waals surface area contributed by atoms with Crippen molar-refractivity contribution in [2.75, 3.05) is 46.4 Å². The molecule has 0 N–H and O–H groups in total. The van der Waals surface area contributed by atoms with Gasteiger partial charge in [0, 0.05) is 44.9 Å². The molecule has 1 saturated carbocycles. The topological polar surface area (TPSA) is 45.7 Å². The van der Waals surface area contributed by atoms with E-state index in [0.29, 0.717) is 17.0 Å². The van der Waals surface area contributed by atoms with Crippen LogP contribution >= 0.6 is 0 Å². The maximum atomic E-state index is 12.7. The second kappa shape index (κ2) is 7.28. The second-order valence-corrected chi connectivity index (χ2v) is 8.75. The fourth-order valence-electron chi connectivity index (χ4n) is 4.67. The summed E-state index contributed by atoms with van der Waals surface area (Å²) in [5.41, 5.74) is 1.97. The smallest absolute Gasteiger partial charge is 0.272 e. The molecule has 1 amide bonds. The number of amides is 1. The molecule has 1 spiro atoms. The summed E-state index contributed by atoms with van der Waals surface area (Å²) in [6.45, 7) is 7.75. The Morgan fingerprint density at radius 3 is 2.69 bits per heavy atom. The van der Waals surface area contributed by atoms with Gasteiger partial charge in [0.25, 0.3) is 5.91 Å². The predicted octanol–water partition coefficient (Wildman–Crippen LogP) is 2.60. The number of hydrogen-bond acceptors (Lipinski definition) is 4. The lowest BCUT2D eigenvalue weighted by Crippen LogP contribution is -2.47. The van der Waals surface area contributed by atoms with Crippen molar-refractivity contribution in [2.45, 2.75) is 32.6 Å². The third kappa shape index (κ3) is 3.79. The van der Waals surface area contributed by atoms with Crippen LogP contribution in [0.4, 0.5) is 0 Å². The Morgan fingerprint density at radius 1 is 1.27 bits per heavy atom. The summed E-state index contributed by atoms with van der Waals surface area (Å²) in [6.07, 6.45) is 6.62. The van der Waals surface area contributed by atoms with Gasteiger partial charge in [0.2, 0.25) is 0 Å². The van der Waals surface area contributed by atoms with Gasteiger partial charge in [-0.05, 0) is 62.6 Å². The van der Waals surface area contributed by atoms with E-state index < -0.39 is 0 Å². The van der Waals surface area contributed by atoms with Gasteiger partial charge in [-0.25, -0.2) is 0 Å². The van der Waals surface area contributed by atoms with Crippen molar-refractivity contribution in [1.82, 2.24) is 14.8 Å². The molecule has 0 radical (unpaired) electrons. The van der Waals surface area contributed by atoms with Crippen molar-refractivity contribution in [2.24, 2.45) is 17.3 Å². The van der Waals surface area contributed by atoms with E-state index >= 15 is 0 Å². The van der Waals surface area contributed by atoms with Crippen LogP contribution in [0.3, 0.4) is 0 Å². The molecule has 1 aliphatic carbocycles. The first-order valence-corrected chi connectivity index (χ1v) is 10.0. The van der Waals surface area contributed by atoms with Crippen LogP contribution in [0.15, 0.2) is 18.3 Å². The zero-order chi connectivity index (χ0) is 18.1. The van der Waals surface area contributed by atoms with Crippen LogP contribution < -0.4 is 0 Å². The van der Waals surface area contributed by atoms with Crippen molar-refractivity contribution in [3.63, 3.8) is 0 Å². The minimum absolute atomic E-state index is 0.0766. The van der Waals surface area contributed by atoms with Crippen LogP contribution in [0.1, 0.15) is 41.7 Å². The molecule has 26 heavy (non-hydrogen) atoms. The third-order valence-electron chi connectivity index (χ3n) is 6.53. The minimum Gasteiger partial charge on any atom is -0.381 e. The van der Waals surface area contributed by atoms with Gasteiger partial charge in [0.05, 0.1) is 6.61 Å². The molecule has 5 heteroatoms. The molecule has 2 aliphatic heterocycles. The Kier molecular flexibility index (Phi) is 5.02. The molecule has 0 unspecified atom stereocenters. The molecule has 2 saturated heterocycles. The van der Waals surface area contributed by atoms with E-state index in [4.69, 9.17) is 4.74 Å². The summed E-state index contributed by atoms with van der Waals surface area (Å²) < 4.78 is 6.05. The van der Waals surface area contributed by atoms with Crippen molar-refractivity contribution in [3.05, 3.63) is 29.6 Å². The largest absolute Gasteiger partial charge is 0.381 e. The van der Waals surface area contributed by atoms with E-state index in [9.17, 15) is 4.79 Å². The standard InChI is InChI=1S/C21H31N3O2/c1-16-3-6-19(22-11-16)20(25)24-9-7-21(8-10-24)15-23(2)12-18(21)14-26-13-17-4-5-17/h3,6,11,17-18H,4-5,7-10,12-15H2,1-2H3/t18-/m1/s1. The van der Waals surface area contributed by atoms with Crippen molar-refractivity contribution < 1.29 is 9.53 Å². The number of aryl methyl sites for hydroxylation is 1. The molecule has 1 aromatic rings. The minimum atomic E-state index is 0.0766. The average molecular weight is 357 g/mol. The molecule has 5 nitrogen and oxygen atoms in total. The molecule has 3 fully saturated rings. The summed E-state index contributed by atoms with van der Waals surface area (Å²) in [5.74, 6) is 1.50. The number of hydrogen-bond donors (Lipinski definition) is 0. The van der Waals surface area contributed by atoms with Gasteiger partial charge in [-0.2, -0.15) is 0 Å². The van der Waals surface area contributed by atoms with E-state index in [1.165, 1.54) is 12.8 Å². The van der Waals surface area contributed by atoms with Crippen molar-refractivity contribution in [3.8, 4) is 0 Å². The number of ether oxygens (including phenoxy) is 1. The number of aromatic nitrogens is 1. The quantitative estimate of drug-likeness (QED) is 0.813. The Labute approximate surface area is 156 Å². The summed E-state index contributed by atoms with van der Waals surface area (Å²) in [7, 11) is 2.22. The monoisotopic (exact) mass is 357 g/mol. The Bertz CT molecular complexity index is 633. The van der Waals surface area contributed by atoms with Crippen molar-refractivity contribution >= 4 is 5.91 Å². The first kappa shape index (κ1) is 17.9. The molecule has 3 aliphatic rings. The maximum Gasteiger partial charge on any atom is 0.272 e. The van der Waals surface area contributed by atoms with E-state index in [2.05, 4.69) is 16.9 Å². The van der Waals surface area contributed by atoms with Crippen LogP contribution in [0.5, 0.6) is 0 Å². The lowest BCUT2D eigenvalue weighted by Gasteiger charge is -2.42. The molecule has 1 aromatic heterocycles. The van der Waals surface area contributed by atoms with Gasteiger partial charge in [-0.1, -0.05) is 6.07 Å². The van der Waals surface area contributed by atoms with Gasteiger partial charge in [-0.15, -0.1) is 0 Å².